The minimum absolute atomic E-state index is 0.0427. The molecule has 2 aromatic heterocycles. The number of ether oxygens (including phenoxy) is 1. The van der Waals surface area contributed by atoms with Crippen molar-refractivity contribution in [1.29, 1.82) is 0 Å². The van der Waals surface area contributed by atoms with E-state index in [2.05, 4.69) is 35.8 Å². The van der Waals surface area contributed by atoms with Crippen LogP contribution < -0.4 is 4.74 Å². The van der Waals surface area contributed by atoms with Crippen LogP contribution in [0.25, 0.3) is 22.2 Å². The molecule has 2 heterocycles. The number of hydrogen-bond donors (Lipinski definition) is 0. The van der Waals surface area contributed by atoms with Gasteiger partial charge in [0.15, 0.2) is 0 Å². The largest absolute Gasteiger partial charge is 0.494 e. The van der Waals surface area contributed by atoms with E-state index in [0.29, 0.717) is 0 Å². The molecule has 0 radical (unpaired) electrons. The molecular weight excluding hydrogens is 264 g/mol. The van der Waals surface area contributed by atoms with E-state index in [1.165, 1.54) is 0 Å². The number of hydrogen-bond acceptors (Lipinski definition) is 4. The summed E-state index contributed by atoms with van der Waals surface area (Å²) in [6.45, 7) is 6.36. The molecular formula is C16H18N4O. The van der Waals surface area contributed by atoms with Crippen LogP contribution in [0.3, 0.4) is 0 Å². The summed E-state index contributed by atoms with van der Waals surface area (Å²) in [6.07, 6.45) is 7.26. The van der Waals surface area contributed by atoms with Crippen molar-refractivity contribution in [2.75, 3.05) is 7.11 Å². The lowest BCUT2D eigenvalue weighted by atomic mass is 10.1. The minimum Gasteiger partial charge on any atom is -0.494 e. The molecule has 0 aliphatic rings. The second-order valence-corrected chi connectivity index (χ2v) is 5.95. The molecule has 0 aliphatic heterocycles. The summed E-state index contributed by atoms with van der Waals surface area (Å²) < 4.78 is 7.39. The van der Waals surface area contributed by atoms with Gasteiger partial charge in [-0.3, -0.25) is 9.67 Å². The Bertz CT molecular complexity index is 786. The molecule has 3 aromatic rings. The van der Waals surface area contributed by atoms with Crippen molar-refractivity contribution >= 4 is 11.0 Å². The van der Waals surface area contributed by atoms with E-state index in [1.54, 1.807) is 19.5 Å². The highest BCUT2D eigenvalue weighted by Gasteiger charge is 2.15. The Morgan fingerprint density at radius 1 is 1.05 bits per heavy atom. The second-order valence-electron chi connectivity index (χ2n) is 5.95. The van der Waals surface area contributed by atoms with Gasteiger partial charge in [0.05, 0.1) is 24.4 Å². The maximum atomic E-state index is 5.43. The number of aromatic nitrogens is 4. The molecule has 0 N–H and O–H groups in total. The van der Waals surface area contributed by atoms with E-state index < -0.39 is 0 Å². The van der Waals surface area contributed by atoms with Crippen molar-refractivity contribution in [1.82, 2.24) is 19.7 Å². The fourth-order valence-corrected chi connectivity index (χ4v) is 2.20. The third-order valence-corrected chi connectivity index (χ3v) is 3.36. The van der Waals surface area contributed by atoms with Crippen molar-refractivity contribution in [2.45, 2.75) is 26.3 Å². The van der Waals surface area contributed by atoms with Gasteiger partial charge in [0, 0.05) is 24.2 Å². The van der Waals surface area contributed by atoms with E-state index >= 15 is 0 Å². The third-order valence-electron chi connectivity index (χ3n) is 3.36. The van der Waals surface area contributed by atoms with E-state index in [0.717, 1.165) is 27.9 Å². The SMILES string of the molecule is COc1cc(-c2cnn(C(C)(C)C)c2)cc2nccnc12. The molecule has 0 unspecified atom stereocenters. The summed E-state index contributed by atoms with van der Waals surface area (Å²) in [7, 11) is 1.64. The normalized spacial score (nSPS) is 11.8. The molecule has 0 aliphatic carbocycles. The zero-order chi connectivity index (χ0) is 15.0. The second kappa shape index (κ2) is 4.84. The average molecular weight is 282 g/mol. The number of rotatable bonds is 2. The Morgan fingerprint density at radius 2 is 1.81 bits per heavy atom. The number of benzene rings is 1. The monoisotopic (exact) mass is 282 g/mol. The van der Waals surface area contributed by atoms with E-state index in [1.807, 2.05) is 29.2 Å². The highest BCUT2D eigenvalue weighted by Crippen LogP contribution is 2.30. The van der Waals surface area contributed by atoms with Gasteiger partial charge < -0.3 is 4.74 Å². The van der Waals surface area contributed by atoms with Gasteiger partial charge in [-0.2, -0.15) is 5.10 Å². The highest BCUT2D eigenvalue weighted by atomic mass is 16.5. The maximum Gasteiger partial charge on any atom is 0.147 e. The summed E-state index contributed by atoms with van der Waals surface area (Å²) in [5.41, 5.74) is 3.60. The van der Waals surface area contributed by atoms with E-state index in [4.69, 9.17) is 4.74 Å². The molecule has 5 heteroatoms. The maximum absolute atomic E-state index is 5.43. The van der Waals surface area contributed by atoms with Crippen molar-refractivity contribution in [3.63, 3.8) is 0 Å². The Hall–Kier alpha value is -2.43. The fraction of sp³-hybridized carbons (Fsp3) is 0.312. The van der Waals surface area contributed by atoms with Crippen LogP contribution in [0.4, 0.5) is 0 Å². The highest BCUT2D eigenvalue weighted by molar-refractivity contribution is 5.86. The Morgan fingerprint density at radius 3 is 2.48 bits per heavy atom. The fourth-order valence-electron chi connectivity index (χ4n) is 2.20. The average Bonchev–Trinajstić information content (AvgIpc) is 2.96. The van der Waals surface area contributed by atoms with Crippen LogP contribution in [0.1, 0.15) is 20.8 Å². The Kier molecular flexibility index (Phi) is 3.12. The van der Waals surface area contributed by atoms with Gasteiger partial charge in [-0.15, -0.1) is 0 Å². The Balaban J connectivity index is 2.14. The van der Waals surface area contributed by atoms with Crippen LogP contribution in [0.15, 0.2) is 36.9 Å². The Labute approximate surface area is 123 Å². The molecule has 0 bridgehead atoms. The van der Waals surface area contributed by atoms with Crippen LogP contribution >= 0.6 is 0 Å². The number of nitrogens with zero attached hydrogens (tertiary/aromatic N) is 4. The first-order chi connectivity index (χ1) is 9.99. The van der Waals surface area contributed by atoms with Crippen LogP contribution in [0, 0.1) is 0 Å². The van der Waals surface area contributed by atoms with Gasteiger partial charge in [-0.25, -0.2) is 4.98 Å². The predicted molar refractivity (Wildman–Crippen MR) is 82.3 cm³/mol. The summed E-state index contributed by atoms with van der Waals surface area (Å²) in [5, 5.41) is 4.44. The van der Waals surface area contributed by atoms with Crippen LogP contribution in [0.5, 0.6) is 5.75 Å². The molecule has 21 heavy (non-hydrogen) atoms. The zero-order valence-electron chi connectivity index (χ0n) is 12.7. The lowest BCUT2D eigenvalue weighted by Crippen LogP contribution is -2.21. The standard InChI is InChI=1S/C16H18N4O/c1-16(2,3)20-10-12(9-19-20)11-7-13-15(14(8-11)21-4)18-6-5-17-13/h5-10H,1-4H3. The molecule has 0 saturated carbocycles. The van der Waals surface area contributed by atoms with Gasteiger partial charge in [-0.05, 0) is 38.5 Å². The molecule has 0 atom stereocenters. The number of fused-ring (bicyclic) bond motifs is 1. The molecule has 0 fully saturated rings. The topological polar surface area (TPSA) is 52.8 Å². The first-order valence-corrected chi connectivity index (χ1v) is 6.83. The number of methoxy groups -OCH3 is 1. The molecule has 108 valence electrons. The molecule has 0 spiro atoms. The smallest absolute Gasteiger partial charge is 0.147 e. The van der Waals surface area contributed by atoms with Crippen molar-refractivity contribution in [3.8, 4) is 16.9 Å². The van der Waals surface area contributed by atoms with Crippen molar-refractivity contribution in [2.24, 2.45) is 0 Å². The molecule has 5 nitrogen and oxygen atoms in total. The van der Waals surface area contributed by atoms with Crippen LogP contribution in [-0.4, -0.2) is 26.9 Å². The predicted octanol–water partition coefficient (Wildman–Crippen LogP) is 3.26. The molecule has 0 saturated heterocycles. The van der Waals surface area contributed by atoms with Crippen molar-refractivity contribution < 1.29 is 4.74 Å². The van der Waals surface area contributed by atoms with Gasteiger partial charge in [0.2, 0.25) is 0 Å². The lowest BCUT2D eigenvalue weighted by molar-refractivity contribution is 0.355. The van der Waals surface area contributed by atoms with Crippen molar-refractivity contribution in [3.05, 3.63) is 36.9 Å². The van der Waals surface area contributed by atoms with Crippen LogP contribution in [0.2, 0.25) is 0 Å². The van der Waals surface area contributed by atoms with Gasteiger partial charge in [-0.1, -0.05) is 0 Å². The lowest BCUT2D eigenvalue weighted by Gasteiger charge is -2.18. The minimum atomic E-state index is -0.0427. The van der Waals surface area contributed by atoms with E-state index in [-0.39, 0.29) is 5.54 Å². The molecule has 1 aromatic carbocycles. The summed E-state index contributed by atoms with van der Waals surface area (Å²) in [5.74, 6) is 0.721. The summed E-state index contributed by atoms with van der Waals surface area (Å²) >= 11 is 0. The van der Waals surface area contributed by atoms with Gasteiger partial charge >= 0.3 is 0 Å². The zero-order valence-corrected chi connectivity index (χ0v) is 12.7. The van der Waals surface area contributed by atoms with Gasteiger partial charge in [0.25, 0.3) is 0 Å². The quantitative estimate of drug-likeness (QED) is 0.724. The molecule has 0 amide bonds. The summed E-state index contributed by atoms with van der Waals surface area (Å²) in [6, 6.07) is 3.98. The van der Waals surface area contributed by atoms with E-state index in [9.17, 15) is 0 Å². The summed E-state index contributed by atoms with van der Waals surface area (Å²) in [4.78, 5) is 8.68. The van der Waals surface area contributed by atoms with Gasteiger partial charge in [0.1, 0.15) is 11.3 Å². The first-order valence-electron chi connectivity index (χ1n) is 6.83. The first kappa shape index (κ1) is 13.5. The van der Waals surface area contributed by atoms with Crippen LogP contribution in [-0.2, 0) is 5.54 Å². The molecule has 3 rings (SSSR count). The third kappa shape index (κ3) is 2.46.